The van der Waals surface area contributed by atoms with Gasteiger partial charge in [0.2, 0.25) is 5.91 Å². The zero-order valence-electron chi connectivity index (χ0n) is 7.34. The standard InChI is InChI=1S/C10H9ClFNO/c11-8-3-1-2-5(9(8)12)6-4-7(6)10(13)14/h1-3,6-7H,4H2,(H2,13,14)/t6-,7-/m1/s1. The summed E-state index contributed by atoms with van der Waals surface area (Å²) in [5.41, 5.74) is 5.62. The number of nitrogens with two attached hydrogens (primary N) is 1. The van der Waals surface area contributed by atoms with Gasteiger partial charge < -0.3 is 5.73 Å². The molecule has 0 unspecified atom stereocenters. The lowest BCUT2D eigenvalue weighted by molar-refractivity contribution is -0.119. The lowest BCUT2D eigenvalue weighted by Crippen LogP contribution is -2.13. The molecule has 74 valence electrons. The average Bonchev–Trinajstić information content (AvgIpc) is 2.89. The Morgan fingerprint density at radius 1 is 1.57 bits per heavy atom. The predicted octanol–water partition coefficient (Wildman–Crippen LogP) is 2.07. The highest BCUT2D eigenvalue weighted by Gasteiger charge is 2.44. The average molecular weight is 214 g/mol. The summed E-state index contributed by atoms with van der Waals surface area (Å²) in [6.07, 6.45) is 0.632. The fourth-order valence-corrected chi connectivity index (χ4v) is 1.84. The highest BCUT2D eigenvalue weighted by atomic mass is 35.5. The number of rotatable bonds is 2. The molecule has 1 aromatic rings. The van der Waals surface area contributed by atoms with Gasteiger partial charge in [0.1, 0.15) is 5.82 Å². The van der Waals surface area contributed by atoms with E-state index in [-0.39, 0.29) is 22.8 Å². The van der Waals surface area contributed by atoms with Crippen molar-refractivity contribution in [1.82, 2.24) is 0 Å². The van der Waals surface area contributed by atoms with Gasteiger partial charge in [0.15, 0.2) is 0 Å². The maximum Gasteiger partial charge on any atom is 0.221 e. The summed E-state index contributed by atoms with van der Waals surface area (Å²) in [5, 5.41) is 0.0950. The van der Waals surface area contributed by atoms with E-state index < -0.39 is 5.82 Å². The zero-order valence-corrected chi connectivity index (χ0v) is 8.09. The molecule has 0 spiro atoms. The summed E-state index contributed by atoms with van der Waals surface area (Å²) in [4.78, 5) is 10.8. The van der Waals surface area contributed by atoms with Crippen LogP contribution >= 0.6 is 11.6 Å². The number of carbonyl (C=O) groups is 1. The molecule has 0 aliphatic heterocycles. The van der Waals surface area contributed by atoms with Crippen LogP contribution in [0.5, 0.6) is 0 Å². The van der Waals surface area contributed by atoms with Crippen LogP contribution in [-0.2, 0) is 4.79 Å². The molecule has 0 heterocycles. The molecule has 1 saturated carbocycles. The van der Waals surface area contributed by atoms with E-state index >= 15 is 0 Å². The van der Waals surface area contributed by atoms with Gasteiger partial charge in [0.25, 0.3) is 0 Å². The van der Waals surface area contributed by atoms with Crippen molar-refractivity contribution in [2.24, 2.45) is 11.7 Å². The second-order valence-corrected chi connectivity index (χ2v) is 3.90. The van der Waals surface area contributed by atoms with Crippen molar-refractivity contribution >= 4 is 17.5 Å². The molecule has 0 aromatic heterocycles. The molecule has 2 N–H and O–H groups in total. The van der Waals surface area contributed by atoms with Gasteiger partial charge in [-0.2, -0.15) is 0 Å². The van der Waals surface area contributed by atoms with Crippen LogP contribution in [0.2, 0.25) is 5.02 Å². The van der Waals surface area contributed by atoms with E-state index in [1.165, 1.54) is 6.07 Å². The Balaban J connectivity index is 2.27. The van der Waals surface area contributed by atoms with Crippen LogP contribution in [0.1, 0.15) is 17.9 Å². The van der Waals surface area contributed by atoms with E-state index in [1.54, 1.807) is 12.1 Å². The Kier molecular flexibility index (Phi) is 2.19. The first-order valence-electron chi connectivity index (χ1n) is 4.34. The van der Waals surface area contributed by atoms with Crippen molar-refractivity contribution in [3.63, 3.8) is 0 Å². The third-order valence-electron chi connectivity index (χ3n) is 2.54. The predicted molar refractivity (Wildman–Crippen MR) is 51.5 cm³/mol. The highest BCUT2D eigenvalue weighted by Crippen LogP contribution is 2.48. The van der Waals surface area contributed by atoms with Gasteiger partial charge in [0, 0.05) is 5.92 Å². The fourth-order valence-electron chi connectivity index (χ4n) is 1.66. The van der Waals surface area contributed by atoms with Gasteiger partial charge in [-0.1, -0.05) is 23.7 Å². The number of hydrogen-bond acceptors (Lipinski definition) is 1. The second kappa shape index (κ2) is 3.24. The first-order valence-corrected chi connectivity index (χ1v) is 4.72. The molecule has 14 heavy (non-hydrogen) atoms. The van der Waals surface area contributed by atoms with Crippen LogP contribution in [-0.4, -0.2) is 5.91 Å². The number of hydrogen-bond donors (Lipinski definition) is 1. The van der Waals surface area contributed by atoms with Crippen molar-refractivity contribution in [2.75, 3.05) is 0 Å². The Hall–Kier alpha value is -1.09. The number of halogens is 2. The van der Waals surface area contributed by atoms with Crippen molar-refractivity contribution in [3.05, 3.63) is 34.6 Å². The van der Waals surface area contributed by atoms with Gasteiger partial charge in [-0.15, -0.1) is 0 Å². The van der Waals surface area contributed by atoms with Crippen LogP contribution in [0, 0.1) is 11.7 Å². The maximum atomic E-state index is 13.4. The first kappa shape index (κ1) is 9.46. The van der Waals surface area contributed by atoms with E-state index in [1.807, 2.05) is 0 Å². The lowest BCUT2D eigenvalue weighted by Gasteiger charge is -2.02. The third kappa shape index (κ3) is 1.48. The molecule has 0 bridgehead atoms. The van der Waals surface area contributed by atoms with E-state index in [2.05, 4.69) is 0 Å². The van der Waals surface area contributed by atoms with Gasteiger partial charge in [-0.05, 0) is 24.0 Å². The van der Waals surface area contributed by atoms with Gasteiger partial charge >= 0.3 is 0 Å². The summed E-state index contributed by atoms with van der Waals surface area (Å²) in [6, 6.07) is 4.81. The van der Waals surface area contributed by atoms with E-state index in [9.17, 15) is 9.18 Å². The molecular weight excluding hydrogens is 205 g/mol. The van der Waals surface area contributed by atoms with Crippen LogP contribution in [0.15, 0.2) is 18.2 Å². The van der Waals surface area contributed by atoms with Crippen LogP contribution in [0.3, 0.4) is 0 Å². The van der Waals surface area contributed by atoms with Crippen molar-refractivity contribution < 1.29 is 9.18 Å². The molecule has 1 aliphatic rings. The fraction of sp³-hybridized carbons (Fsp3) is 0.300. The van der Waals surface area contributed by atoms with Gasteiger partial charge in [-0.25, -0.2) is 4.39 Å². The highest BCUT2D eigenvalue weighted by molar-refractivity contribution is 6.30. The molecule has 2 rings (SSSR count). The largest absolute Gasteiger partial charge is 0.369 e. The summed E-state index contributed by atoms with van der Waals surface area (Å²) in [6.45, 7) is 0. The van der Waals surface area contributed by atoms with Gasteiger partial charge in [0.05, 0.1) is 5.02 Å². The summed E-state index contributed by atoms with van der Waals surface area (Å²) >= 11 is 5.62. The summed E-state index contributed by atoms with van der Waals surface area (Å²) in [7, 11) is 0. The number of amides is 1. The first-order chi connectivity index (χ1) is 6.61. The molecule has 2 nitrogen and oxygen atoms in total. The number of primary amides is 1. The quantitative estimate of drug-likeness (QED) is 0.803. The van der Waals surface area contributed by atoms with E-state index in [4.69, 9.17) is 17.3 Å². The zero-order chi connectivity index (χ0) is 10.3. The maximum absolute atomic E-state index is 13.4. The molecule has 2 atom stereocenters. The van der Waals surface area contributed by atoms with Crippen LogP contribution in [0.4, 0.5) is 4.39 Å². The Bertz CT molecular complexity index is 394. The third-order valence-corrected chi connectivity index (χ3v) is 2.83. The van der Waals surface area contributed by atoms with Crippen molar-refractivity contribution in [1.29, 1.82) is 0 Å². The minimum atomic E-state index is -0.428. The van der Waals surface area contributed by atoms with Crippen LogP contribution < -0.4 is 5.73 Å². The Morgan fingerprint density at radius 3 is 2.86 bits per heavy atom. The van der Waals surface area contributed by atoms with E-state index in [0.717, 1.165) is 0 Å². The lowest BCUT2D eigenvalue weighted by atomic mass is 10.1. The molecule has 4 heteroatoms. The minimum absolute atomic E-state index is 0.0776. The normalized spacial score (nSPS) is 24.7. The topological polar surface area (TPSA) is 43.1 Å². The molecule has 1 fully saturated rings. The molecule has 0 saturated heterocycles. The smallest absolute Gasteiger partial charge is 0.221 e. The molecule has 0 radical (unpaired) electrons. The Labute approximate surface area is 85.9 Å². The minimum Gasteiger partial charge on any atom is -0.369 e. The Morgan fingerprint density at radius 2 is 2.29 bits per heavy atom. The van der Waals surface area contributed by atoms with Crippen molar-refractivity contribution in [2.45, 2.75) is 12.3 Å². The van der Waals surface area contributed by atoms with Crippen molar-refractivity contribution in [3.8, 4) is 0 Å². The molecule has 1 aliphatic carbocycles. The van der Waals surface area contributed by atoms with Gasteiger partial charge in [-0.3, -0.25) is 4.79 Å². The molecular formula is C10H9ClFNO. The monoisotopic (exact) mass is 213 g/mol. The molecule has 1 amide bonds. The van der Waals surface area contributed by atoms with E-state index in [0.29, 0.717) is 12.0 Å². The second-order valence-electron chi connectivity index (χ2n) is 3.49. The number of benzene rings is 1. The SMILES string of the molecule is NC(=O)[C@@H]1C[C@@H]1c1cccc(Cl)c1F. The molecule has 1 aromatic carbocycles. The van der Waals surface area contributed by atoms with Crippen LogP contribution in [0.25, 0.3) is 0 Å². The summed E-state index contributed by atoms with van der Waals surface area (Å²) < 4.78 is 13.4. The number of carbonyl (C=O) groups excluding carboxylic acids is 1. The summed E-state index contributed by atoms with van der Waals surface area (Å²) in [5.74, 6) is -1.09.